The monoisotopic (exact) mass is 393 g/mol. The summed E-state index contributed by atoms with van der Waals surface area (Å²) in [6, 6.07) is 18.2. The van der Waals surface area contributed by atoms with Gasteiger partial charge in [0.1, 0.15) is 0 Å². The predicted molar refractivity (Wildman–Crippen MR) is 112 cm³/mol. The van der Waals surface area contributed by atoms with Gasteiger partial charge in [-0.25, -0.2) is 0 Å². The Balaban J connectivity index is 1.93. The van der Waals surface area contributed by atoms with Crippen LogP contribution < -0.4 is 24.3 Å². The van der Waals surface area contributed by atoms with E-state index in [0.29, 0.717) is 34.2 Å². The number of benzene rings is 3. The third kappa shape index (κ3) is 4.27. The number of anilines is 1. The van der Waals surface area contributed by atoms with E-state index < -0.39 is 0 Å². The molecule has 0 saturated carbocycles. The number of methoxy groups -OCH3 is 4. The van der Waals surface area contributed by atoms with Gasteiger partial charge in [0.15, 0.2) is 23.0 Å². The van der Waals surface area contributed by atoms with Crippen molar-refractivity contribution in [2.75, 3.05) is 33.8 Å². The van der Waals surface area contributed by atoms with Crippen molar-refractivity contribution in [1.82, 2.24) is 0 Å². The normalized spacial score (nSPS) is 10.2. The zero-order valence-corrected chi connectivity index (χ0v) is 16.8. The number of rotatable bonds is 7. The number of carbonyl (C=O) groups is 1. The standard InChI is InChI=1S/C23H23NO5/c1-26-19-11-9-15(13-21(19)28-3)17-7-5-6-8-18(17)24-23(25)16-10-12-20(27-2)22(14-16)29-4/h5-14H,1-4H3,(H,24,25). The highest BCUT2D eigenvalue weighted by Crippen LogP contribution is 2.35. The molecule has 0 aliphatic carbocycles. The average Bonchev–Trinajstić information content (AvgIpc) is 2.78. The summed E-state index contributed by atoms with van der Waals surface area (Å²) < 4.78 is 21.2. The van der Waals surface area contributed by atoms with Crippen molar-refractivity contribution in [3.63, 3.8) is 0 Å². The van der Waals surface area contributed by atoms with E-state index in [-0.39, 0.29) is 5.91 Å². The van der Waals surface area contributed by atoms with Gasteiger partial charge in [0.2, 0.25) is 0 Å². The molecule has 0 unspecified atom stereocenters. The lowest BCUT2D eigenvalue weighted by Crippen LogP contribution is -2.13. The second kappa shape index (κ2) is 9.01. The van der Waals surface area contributed by atoms with Crippen molar-refractivity contribution < 1.29 is 23.7 Å². The number of hydrogen-bond acceptors (Lipinski definition) is 5. The maximum absolute atomic E-state index is 12.8. The Kier molecular flexibility index (Phi) is 6.24. The molecule has 6 nitrogen and oxygen atoms in total. The highest BCUT2D eigenvalue weighted by molar-refractivity contribution is 6.06. The van der Waals surface area contributed by atoms with Crippen LogP contribution in [0.15, 0.2) is 60.7 Å². The first-order valence-electron chi connectivity index (χ1n) is 8.96. The SMILES string of the molecule is COc1ccc(C(=O)Nc2ccccc2-c2ccc(OC)c(OC)c2)cc1OC. The Bertz CT molecular complexity index is 1020. The highest BCUT2D eigenvalue weighted by atomic mass is 16.5. The minimum absolute atomic E-state index is 0.251. The molecule has 0 saturated heterocycles. The van der Waals surface area contributed by atoms with Gasteiger partial charge >= 0.3 is 0 Å². The van der Waals surface area contributed by atoms with Crippen LogP contribution >= 0.6 is 0 Å². The second-order valence-electron chi connectivity index (χ2n) is 6.14. The van der Waals surface area contributed by atoms with E-state index in [1.54, 1.807) is 39.5 Å². The van der Waals surface area contributed by atoms with Crippen LogP contribution in [0, 0.1) is 0 Å². The van der Waals surface area contributed by atoms with Crippen LogP contribution in [0.4, 0.5) is 5.69 Å². The van der Waals surface area contributed by atoms with E-state index in [1.165, 1.54) is 7.11 Å². The fourth-order valence-corrected chi connectivity index (χ4v) is 3.02. The Hall–Kier alpha value is -3.67. The van der Waals surface area contributed by atoms with E-state index in [2.05, 4.69) is 5.32 Å². The summed E-state index contributed by atoms with van der Waals surface area (Å²) in [6.45, 7) is 0. The first kappa shape index (κ1) is 20.1. The molecule has 6 heteroatoms. The number of nitrogens with one attached hydrogen (secondary N) is 1. The van der Waals surface area contributed by atoms with E-state index in [1.807, 2.05) is 42.5 Å². The third-order valence-corrected chi connectivity index (χ3v) is 4.52. The molecular formula is C23H23NO5. The molecule has 0 bridgehead atoms. The number of para-hydroxylation sites is 1. The molecule has 0 aliphatic rings. The fraction of sp³-hybridized carbons (Fsp3) is 0.174. The molecule has 0 radical (unpaired) electrons. The number of hydrogen-bond donors (Lipinski definition) is 1. The van der Waals surface area contributed by atoms with Crippen LogP contribution in [0.1, 0.15) is 10.4 Å². The van der Waals surface area contributed by atoms with Gasteiger partial charge in [-0.2, -0.15) is 0 Å². The number of ether oxygens (including phenoxy) is 4. The summed E-state index contributed by atoms with van der Waals surface area (Å²) in [5.74, 6) is 2.07. The molecular weight excluding hydrogens is 370 g/mol. The zero-order valence-electron chi connectivity index (χ0n) is 16.8. The molecule has 1 N–H and O–H groups in total. The van der Waals surface area contributed by atoms with Crippen molar-refractivity contribution in [1.29, 1.82) is 0 Å². The van der Waals surface area contributed by atoms with Crippen LogP contribution in [0.2, 0.25) is 0 Å². The number of amides is 1. The quantitative estimate of drug-likeness (QED) is 0.633. The lowest BCUT2D eigenvalue weighted by atomic mass is 10.0. The van der Waals surface area contributed by atoms with Gasteiger partial charge in [-0.1, -0.05) is 24.3 Å². The molecule has 0 aliphatic heterocycles. The second-order valence-corrected chi connectivity index (χ2v) is 6.14. The highest BCUT2D eigenvalue weighted by Gasteiger charge is 2.14. The first-order chi connectivity index (χ1) is 14.1. The Morgan fingerprint density at radius 3 is 1.93 bits per heavy atom. The summed E-state index contributed by atoms with van der Waals surface area (Å²) in [7, 11) is 6.27. The molecule has 0 aromatic heterocycles. The summed E-state index contributed by atoms with van der Waals surface area (Å²) >= 11 is 0. The van der Waals surface area contributed by atoms with E-state index in [0.717, 1.165) is 11.1 Å². The summed E-state index contributed by atoms with van der Waals surface area (Å²) in [5, 5.41) is 2.97. The van der Waals surface area contributed by atoms with Crippen LogP contribution in [-0.2, 0) is 0 Å². The van der Waals surface area contributed by atoms with Crippen LogP contribution in [0.25, 0.3) is 11.1 Å². The molecule has 0 fully saturated rings. The molecule has 0 atom stereocenters. The molecule has 3 aromatic rings. The largest absolute Gasteiger partial charge is 0.493 e. The Morgan fingerprint density at radius 1 is 0.690 bits per heavy atom. The van der Waals surface area contributed by atoms with Gasteiger partial charge < -0.3 is 24.3 Å². The van der Waals surface area contributed by atoms with Gasteiger partial charge in [0, 0.05) is 16.8 Å². The minimum Gasteiger partial charge on any atom is -0.493 e. The van der Waals surface area contributed by atoms with Crippen molar-refractivity contribution in [2.24, 2.45) is 0 Å². The smallest absolute Gasteiger partial charge is 0.255 e. The summed E-state index contributed by atoms with van der Waals surface area (Å²) in [4.78, 5) is 12.8. The van der Waals surface area contributed by atoms with Gasteiger partial charge in [-0.05, 0) is 42.0 Å². The van der Waals surface area contributed by atoms with Gasteiger partial charge in [0.25, 0.3) is 5.91 Å². The van der Waals surface area contributed by atoms with Crippen molar-refractivity contribution in [3.8, 4) is 34.1 Å². The van der Waals surface area contributed by atoms with Gasteiger partial charge in [-0.15, -0.1) is 0 Å². The lowest BCUT2D eigenvalue weighted by molar-refractivity contribution is 0.102. The van der Waals surface area contributed by atoms with E-state index in [4.69, 9.17) is 18.9 Å². The van der Waals surface area contributed by atoms with Crippen LogP contribution in [0.5, 0.6) is 23.0 Å². The molecule has 0 spiro atoms. The van der Waals surface area contributed by atoms with Crippen molar-refractivity contribution in [3.05, 3.63) is 66.2 Å². The number of carbonyl (C=O) groups excluding carboxylic acids is 1. The molecule has 0 heterocycles. The van der Waals surface area contributed by atoms with Crippen LogP contribution in [-0.4, -0.2) is 34.3 Å². The Morgan fingerprint density at radius 2 is 1.28 bits per heavy atom. The molecule has 150 valence electrons. The van der Waals surface area contributed by atoms with Gasteiger partial charge in [-0.3, -0.25) is 4.79 Å². The molecule has 1 amide bonds. The van der Waals surface area contributed by atoms with E-state index in [9.17, 15) is 4.79 Å². The van der Waals surface area contributed by atoms with E-state index >= 15 is 0 Å². The Labute approximate surface area is 170 Å². The molecule has 29 heavy (non-hydrogen) atoms. The maximum atomic E-state index is 12.8. The minimum atomic E-state index is -0.251. The predicted octanol–water partition coefficient (Wildman–Crippen LogP) is 4.64. The summed E-state index contributed by atoms with van der Waals surface area (Å²) in [6.07, 6.45) is 0. The first-order valence-corrected chi connectivity index (χ1v) is 8.96. The zero-order chi connectivity index (χ0) is 20.8. The van der Waals surface area contributed by atoms with Crippen molar-refractivity contribution in [2.45, 2.75) is 0 Å². The van der Waals surface area contributed by atoms with Crippen molar-refractivity contribution >= 4 is 11.6 Å². The molecule has 3 rings (SSSR count). The van der Waals surface area contributed by atoms with Crippen LogP contribution in [0.3, 0.4) is 0 Å². The third-order valence-electron chi connectivity index (χ3n) is 4.52. The maximum Gasteiger partial charge on any atom is 0.255 e. The topological polar surface area (TPSA) is 66.0 Å². The molecule has 3 aromatic carbocycles. The van der Waals surface area contributed by atoms with Gasteiger partial charge in [0.05, 0.1) is 28.4 Å². The summed E-state index contributed by atoms with van der Waals surface area (Å²) in [5.41, 5.74) is 2.90. The average molecular weight is 393 g/mol. The fourth-order valence-electron chi connectivity index (χ4n) is 3.02. The lowest BCUT2D eigenvalue weighted by Gasteiger charge is -2.14.